The molecule has 2 rings (SSSR count). The molecular weight excluding hydrogens is 335 g/mol. The van der Waals surface area contributed by atoms with E-state index in [0.29, 0.717) is 16.6 Å². The van der Waals surface area contributed by atoms with Crippen molar-refractivity contribution in [3.63, 3.8) is 0 Å². The van der Waals surface area contributed by atoms with Gasteiger partial charge in [0, 0.05) is 30.7 Å². The van der Waals surface area contributed by atoms with Crippen molar-refractivity contribution < 1.29 is 9.53 Å². The van der Waals surface area contributed by atoms with Gasteiger partial charge < -0.3 is 14.5 Å². The first-order valence-electron chi connectivity index (χ1n) is 7.81. The van der Waals surface area contributed by atoms with Gasteiger partial charge in [0.25, 0.3) is 0 Å². The Kier molecular flexibility index (Phi) is 5.82. The summed E-state index contributed by atoms with van der Waals surface area (Å²) in [5.74, 6) is 0.0364. The minimum Gasteiger partial charge on any atom is -0.366 e. The van der Waals surface area contributed by atoms with E-state index in [1.807, 2.05) is 44.7 Å². The van der Waals surface area contributed by atoms with E-state index in [1.54, 1.807) is 6.07 Å². The normalized spacial score (nSPS) is 19.1. The number of carbonyl (C=O) groups excluding carboxylic acids is 1. The number of rotatable bonds is 3. The summed E-state index contributed by atoms with van der Waals surface area (Å²) in [6.45, 7) is 10.2. The highest BCUT2D eigenvalue weighted by molar-refractivity contribution is 6.36. The molecule has 1 atom stereocenters. The standard InChI is InChI=1S/C17H24Cl2N2O2/c1-12-10-20(15-6-5-13(18)9-14(15)19)7-8-21(12)16(22)11-23-17(2,3)4/h5-6,9,12H,7-8,10-11H2,1-4H3. The Bertz CT molecular complexity index is 572. The zero-order chi connectivity index (χ0) is 17.2. The van der Waals surface area contributed by atoms with Crippen molar-refractivity contribution >= 4 is 34.8 Å². The first-order valence-corrected chi connectivity index (χ1v) is 8.56. The molecule has 0 N–H and O–H groups in total. The Balaban J connectivity index is 1.98. The number of nitrogens with zero attached hydrogens (tertiary/aromatic N) is 2. The molecule has 128 valence electrons. The monoisotopic (exact) mass is 358 g/mol. The number of hydrogen-bond acceptors (Lipinski definition) is 3. The number of carbonyl (C=O) groups is 1. The van der Waals surface area contributed by atoms with Gasteiger partial charge in [-0.3, -0.25) is 4.79 Å². The molecule has 1 aromatic carbocycles. The van der Waals surface area contributed by atoms with Crippen LogP contribution in [0.15, 0.2) is 18.2 Å². The van der Waals surface area contributed by atoms with Gasteiger partial charge in [-0.1, -0.05) is 23.2 Å². The van der Waals surface area contributed by atoms with Gasteiger partial charge >= 0.3 is 0 Å². The molecule has 1 aliphatic rings. The van der Waals surface area contributed by atoms with Crippen molar-refractivity contribution in [2.24, 2.45) is 0 Å². The number of ether oxygens (including phenoxy) is 1. The van der Waals surface area contributed by atoms with Crippen molar-refractivity contribution in [1.82, 2.24) is 4.90 Å². The molecule has 6 heteroatoms. The number of piperazine rings is 1. The molecule has 4 nitrogen and oxygen atoms in total. The van der Waals surface area contributed by atoms with Gasteiger partial charge in [0.1, 0.15) is 6.61 Å². The van der Waals surface area contributed by atoms with Gasteiger partial charge in [0.15, 0.2) is 0 Å². The Morgan fingerprint density at radius 2 is 2.00 bits per heavy atom. The smallest absolute Gasteiger partial charge is 0.248 e. The molecule has 0 saturated carbocycles. The van der Waals surface area contributed by atoms with E-state index in [1.165, 1.54) is 0 Å². The summed E-state index contributed by atoms with van der Waals surface area (Å²) in [5, 5.41) is 1.26. The quantitative estimate of drug-likeness (QED) is 0.822. The molecule has 1 fully saturated rings. The fourth-order valence-electron chi connectivity index (χ4n) is 2.65. The number of amides is 1. The van der Waals surface area contributed by atoms with Crippen LogP contribution < -0.4 is 4.90 Å². The minimum absolute atomic E-state index is 0.0364. The van der Waals surface area contributed by atoms with Crippen LogP contribution in [0, 0.1) is 0 Å². The second kappa shape index (κ2) is 7.29. The van der Waals surface area contributed by atoms with Crippen LogP contribution in [0.2, 0.25) is 10.0 Å². The van der Waals surface area contributed by atoms with E-state index in [9.17, 15) is 4.79 Å². The third kappa shape index (κ3) is 5.00. The maximum absolute atomic E-state index is 12.3. The van der Waals surface area contributed by atoms with Crippen LogP contribution in [0.3, 0.4) is 0 Å². The van der Waals surface area contributed by atoms with E-state index in [0.717, 1.165) is 18.8 Å². The van der Waals surface area contributed by atoms with Gasteiger partial charge in [0.05, 0.1) is 16.3 Å². The Morgan fingerprint density at radius 3 is 2.57 bits per heavy atom. The molecule has 0 aromatic heterocycles. The average Bonchev–Trinajstić information content (AvgIpc) is 2.44. The zero-order valence-electron chi connectivity index (χ0n) is 14.1. The van der Waals surface area contributed by atoms with Crippen LogP contribution in [-0.4, -0.2) is 48.7 Å². The molecule has 1 aromatic rings. The van der Waals surface area contributed by atoms with E-state index < -0.39 is 0 Å². The Labute approximate surface area is 148 Å². The molecule has 23 heavy (non-hydrogen) atoms. The highest BCUT2D eigenvalue weighted by Gasteiger charge is 2.29. The summed E-state index contributed by atoms with van der Waals surface area (Å²) >= 11 is 12.2. The van der Waals surface area contributed by atoms with E-state index in [2.05, 4.69) is 4.90 Å². The van der Waals surface area contributed by atoms with Crippen molar-refractivity contribution in [2.75, 3.05) is 31.1 Å². The highest BCUT2D eigenvalue weighted by Crippen LogP contribution is 2.30. The molecule has 0 aliphatic carbocycles. The van der Waals surface area contributed by atoms with Gasteiger partial charge in [-0.25, -0.2) is 0 Å². The topological polar surface area (TPSA) is 32.8 Å². The molecule has 1 unspecified atom stereocenters. The maximum Gasteiger partial charge on any atom is 0.248 e. The molecule has 0 spiro atoms. The van der Waals surface area contributed by atoms with Crippen LogP contribution >= 0.6 is 23.2 Å². The fourth-order valence-corrected chi connectivity index (χ4v) is 3.17. The summed E-state index contributed by atoms with van der Waals surface area (Å²) in [6, 6.07) is 5.61. The second-order valence-electron chi connectivity index (χ2n) is 6.88. The summed E-state index contributed by atoms with van der Waals surface area (Å²) in [6.07, 6.45) is 0. The van der Waals surface area contributed by atoms with Crippen molar-refractivity contribution in [1.29, 1.82) is 0 Å². The summed E-state index contributed by atoms with van der Waals surface area (Å²) < 4.78 is 5.60. The van der Waals surface area contributed by atoms with Gasteiger partial charge in [-0.05, 0) is 45.9 Å². The van der Waals surface area contributed by atoms with Gasteiger partial charge in [-0.2, -0.15) is 0 Å². The summed E-state index contributed by atoms with van der Waals surface area (Å²) in [4.78, 5) is 16.4. The van der Waals surface area contributed by atoms with Crippen LogP contribution in [0.1, 0.15) is 27.7 Å². The lowest BCUT2D eigenvalue weighted by molar-refractivity contribution is -0.143. The molecule has 0 radical (unpaired) electrons. The Morgan fingerprint density at radius 1 is 1.30 bits per heavy atom. The maximum atomic E-state index is 12.3. The van der Waals surface area contributed by atoms with E-state index in [4.69, 9.17) is 27.9 Å². The molecular formula is C17H24Cl2N2O2. The first-order chi connectivity index (χ1) is 10.7. The average molecular weight is 359 g/mol. The van der Waals surface area contributed by atoms with E-state index >= 15 is 0 Å². The molecule has 1 heterocycles. The zero-order valence-corrected chi connectivity index (χ0v) is 15.6. The van der Waals surface area contributed by atoms with E-state index in [-0.39, 0.29) is 24.2 Å². The predicted octanol–water partition coefficient (Wildman–Crippen LogP) is 3.85. The van der Waals surface area contributed by atoms with Crippen LogP contribution in [0.5, 0.6) is 0 Å². The number of anilines is 1. The summed E-state index contributed by atoms with van der Waals surface area (Å²) in [7, 11) is 0. The third-order valence-corrected chi connectivity index (χ3v) is 4.36. The molecule has 1 saturated heterocycles. The van der Waals surface area contributed by atoms with Crippen LogP contribution in [0.25, 0.3) is 0 Å². The van der Waals surface area contributed by atoms with Gasteiger partial charge in [-0.15, -0.1) is 0 Å². The predicted molar refractivity (Wildman–Crippen MR) is 95.6 cm³/mol. The summed E-state index contributed by atoms with van der Waals surface area (Å²) in [5.41, 5.74) is 0.651. The van der Waals surface area contributed by atoms with Gasteiger partial charge in [0.2, 0.25) is 5.91 Å². The lowest BCUT2D eigenvalue weighted by Gasteiger charge is -2.41. The lowest BCUT2D eigenvalue weighted by atomic mass is 10.1. The molecule has 0 bridgehead atoms. The number of benzene rings is 1. The highest BCUT2D eigenvalue weighted by atomic mass is 35.5. The third-order valence-electron chi connectivity index (χ3n) is 3.83. The second-order valence-corrected chi connectivity index (χ2v) is 7.72. The minimum atomic E-state index is -0.308. The Hall–Kier alpha value is -0.970. The largest absolute Gasteiger partial charge is 0.366 e. The molecule has 1 aliphatic heterocycles. The fraction of sp³-hybridized carbons (Fsp3) is 0.588. The lowest BCUT2D eigenvalue weighted by Crippen LogP contribution is -2.55. The molecule has 1 amide bonds. The van der Waals surface area contributed by atoms with Crippen molar-refractivity contribution in [3.05, 3.63) is 28.2 Å². The SMILES string of the molecule is CC1CN(c2ccc(Cl)cc2Cl)CCN1C(=O)COC(C)(C)C. The van der Waals surface area contributed by atoms with Crippen molar-refractivity contribution in [2.45, 2.75) is 39.3 Å². The first kappa shape index (κ1) is 18.4. The number of halogens is 2. The van der Waals surface area contributed by atoms with Crippen LogP contribution in [-0.2, 0) is 9.53 Å². The van der Waals surface area contributed by atoms with Crippen LogP contribution in [0.4, 0.5) is 5.69 Å². The number of hydrogen-bond donors (Lipinski definition) is 0. The van der Waals surface area contributed by atoms with Crippen molar-refractivity contribution in [3.8, 4) is 0 Å².